The molecule has 2 N–H and O–H groups in total. The second-order valence-electron chi connectivity index (χ2n) is 7.60. The van der Waals surface area contributed by atoms with Crippen LogP contribution < -0.4 is 10.1 Å². The van der Waals surface area contributed by atoms with E-state index in [4.69, 9.17) is 0 Å². The van der Waals surface area contributed by atoms with E-state index >= 15 is 0 Å². The minimum Gasteiger partial charge on any atom is -0.504 e. The number of fused-ring (bicyclic) bond motifs is 5. The predicted molar refractivity (Wildman–Crippen MR) is 99.0 cm³/mol. The zero-order chi connectivity index (χ0) is 20.2. The molecule has 1 aliphatic heterocycles. The van der Waals surface area contributed by atoms with Gasteiger partial charge in [-0.1, -0.05) is 13.8 Å². The number of carbonyl (C=O) groups excluding carboxylic acids is 1. The third-order valence-electron chi connectivity index (χ3n) is 5.38. The summed E-state index contributed by atoms with van der Waals surface area (Å²) in [7, 11) is 0. The van der Waals surface area contributed by atoms with Crippen LogP contribution in [0.25, 0.3) is 0 Å². The number of benzene rings is 1. The average Bonchev–Trinajstić information content (AvgIpc) is 3.06. The van der Waals surface area contributed by atoms with E-state index in [1.807, 2.05) is 0 Å². The highest BCUT2D eigenvalue weighted by atomic mass is 32.1. The van der Waals surface area contributed by atoms with Gasteiger partial charge in [0.1, 0.15) is 0 Å². The van der Waals surface area contributed by atoms with Gasteiger partial charge in [0, 0.05) is 28.3 Å². The van der Waals surface area contributed by atoms with Crippen molar-refractivity contribution in [2.45, 2.75) is 57.3 Å². The zero-order valence-electron chi connectivity index (χ0n) is 15.4. The van der Waals surface area contributed by atoms with Crippen LogP contribution in [0.3, 0.4) is 0 Å². The van der Waals surface area contributed by atoms with Crippen molar-refractivity contribution < 1.29 is 27.8 Å². The van der Waals surface area contributed by atoms with Gasteiger partial charge in [0.05, 0.1) is 0 Å². The molecule has 8 heteroatoms. The molecule has 1 aromatic carbocycles. The van der Waals surface area contributed by atoms with Gasteiger partial charge in [0.25, 0.3) is 0 Å². The fraction of sp³-hybridized carbons (Fsp3) is 0.450. The SMILES string of the molecule is CC(C)c1cc2c(s1)[C@H]1c3cc(O)c(OC(=O)C(F)(F)F)cc3CC[C@@H]1NC2. The van der Waals surface area contributed by atoms with Crippen molar-refractivity contribution in [2.24, 2.45) is 0 Å². The van der Waals surface area contributed by atoms with E-state index in [2.05, 4.69) is 30.0 Å². The molecule has 0 bridgehead atoms. The summed E-state index contributed by atoms with van der Waals surface area (Å²) in [6.45, 7) is 5.08. The number of thiophene rings is 1. The molecule has 0 amide bonds. The van der Waals surface area contributed by atoms with Gasteiger partial charge in [-0.2, -0.15) is 13.2 Å². The van der Waals surface area contributed by atoms with Crippen LogP contribution in [0.1, 0.15) is 58.5 Å². The Bertz CT molecular complexity index is 936. The van der Waals surface area contributed by atoms with Gasteiger partial charge in [-0.15, -0.1) is 11.3 Å². The fourth-order valence-corrected chi connectivity index (χ4v) is 5.37. The number of esters is 1. The number of rotatable bonds is 2. The third kappa shape index (κ3) is 3.28. The number of hydrogen-bond donors (Lipinski definition) is 2. The van der Waals surface area contributed by atoms with Crippen molar-refractivity contribution in [3.8, 4) is 11.5 Å². The summed E-state index contributed by atoms with van der Waals surface area (Å²) in [4.78, 5) is 13.7. The maximum absolute atomic E-state index is 12.5. The number of halogens is 3. The van der Waals surface area contributed by atoms with Crippen LogP contribution in [0, 0.1) is 0 Å². The standard InChI is InChI=1S/C20H20F3NO3S/c1-9(2)16-6-11-8-24-13-4-3-10-5-15(27-19(26)20(21,22)23)14(25)7-12(10)17(13)18(11)28-16/h5-7,9,13,17,24-25H,3-4,8H2,1-2H3/t13-,17-/m0/s1. The topological polar surface area (TPSA) is 58.6 Å². The van der Waals surface area contributed by atoms with Gasteiger partial charge >= 0.3 is 12.1 Å². The molecule has 0 fully saturated rings. The van der Waals surface area contributed by atoms with Crippen LogP contribution in [0.5, 0.6) is 11.5 Å². The molecular weight excluding hydrogens is 391 g/mol. The molecule has 1 aliphatic carbocycles. The van der Waals surface area contributed by atoms with Gasteiger partial charge < -0.3 is 15.2 Å². The molecule has 2 aromatic rings. The van der Waals surface area contributed by atoms with Crippen LogP contribution in [0.2, 0.25) is 0 Å². The molecule has 0 spiro atoms. The van der Waals surface area contributed by atoms with Crippen molar-refractivity contribution in [1.82, 2.24) is 5.32 Å². The second-order valence-corrected chi connectivity index (χ2v) is 8.72. The van der Waals surface area contributed by atoms with Gasteiger partial charge in [0.2, 0.25) is 0 Å². The van der Waals surface area contributed by atoms with E-state index in [1.165, 1.54) is 27.5 Å². The molecule has 0 saturated heterocycles. The first-order valence-electron chi connectivity index (χ1n) is 9.15. The molecule has 0 radical (unpaired) electrons. The van der Waals surface area contributed by atoms with Crippen LogP contribution in [-0.4, -0.2) is 23.3 Å². The Morgan fingerprint density at radius 2 is 2.04 bits per heavy atom. The quantitative estimate of drug-likeness (QED) is 0.560. The van der Waals surface area contributed by atoms with E-state index in [9.17, 15) is 23.1 Å². The summed E-state index contributed by atoms with van der Waals surface area (Å²) < 4.78 is 41.9. The maximum atomic E-state index is 12.5. The number of carbonyl (C=O) groups is 1. The van der Waals surface area contributed by atoms with Crippen LogP contribution >= 0.6 is 11.3 Å². The van der Waals surface area contributed by atoms with Gasteiger partial charge in [-0.3, -0.25) is 0 Å². The van der Waals surface area contributed by atoms with Crippen molar-refractivity contribution in [2.75, 3.05) is 0 Å². The number of hydrogen-bond acceptors (Lipinski definition) is 5. The van der Waals surface area contributed by atoms with Crippen molar-refractivity contribution in [1.29, 1.82) is 0 Å². The summed E-state index contributed by atoms with van der Waals surface area (Å²) in [6.07, 6.45) is -3.65. The van der Waals surface area contributed by atoms with E-state index < -0.39 is 23.6 Å². The summed E-state index contributed by atoms with van der Waals surface area (Å²) in [5, 5.41) is 13.8. The lowest BCUT2D eigenvalue weighted by Crippen LogP contribution is -2.41. The van der Waals surface area contributed by atoms with Gasteiger partial charge in [-0.25, -0.2) is 4.79 Å². The van der Waals surface area contributed by atoms with E-state index in [-0.39, 0.29) is 12.0 Å². The molecular formula is C20H20F3NO3S. The molecule has 2 atom stereocenters. The number of phenols is 1. The number of phenolic OH excluding ortho intramolecular Hbond substituents is 1. The Morgan fingerprint density at radius 3 is 2.71 bits per heavy atom. The summed E-state index contributed by atoms with van der Waals surface area (Å²) in [5.74, 6) is -2.79. The highest BCUT2D eigenvalue weighted by Crippen LogP contribution is 2.47. The zero-order valence-corrected chi connectivity index (χ0v) is 16.2. The van der Waals surface area contributed by atoms with Crippen molar-refractivity contribution in [3.63, 3.8) is 0 Å². The minimum absolute atomic E-state index is 0.0308. The smallest absolute Gasteiger partial charge is 0.491 e. The normalized spacial score (nSPS) is 21.1. The Labute approximate surface area is 164 Å². The molecule has 4 rings (SSSR count). The lowest BCUT2D eigenvalue weighted by molar-refractivity contribution is -0.189. The van der Waals surface area contributed by atoms with Crippen molar-refractivity contribution >= 4 is 17.3 Å². The molecule has 2 aliphatic rings. The van der Waals surface area contributed by atoms with Crippen LogP contribution in [0.15, 0.2) is 18.2 Å². The highest BCUT2D eigenvalue weighted by molar-refractivity contribution is 7.12. The summed E-state index contributed by atoms with van der Waals surface area (Å²) >= 11 is 1.76. The first kappa shape index (κ1) is 19.3. The molecule has 0 unspecified atom stereocenters. The van der Waals surface area contributed by atoms with Crippen LogP contribution in [-0.2, 0) is 17.8 Å². The predicted octanol–water partition coefficient (Wildman–Crippen LogP) is 4.59. The Hall–Kier alpha value is -2.06. The molecule has 4 nitrogen and oxygen atoms in total. The second kappa shape index (κ2) is 6.77. The Morgan fingerprint density at radius 1 is 1.29 bits per heavy atom. The van der Waals surface area contributed by atoms with E-state index in [0.29, 0.717) is 12.3 Å². The molecule has 2 heterocycles. The van der Waals surface area contributed by atoms with Crippen molar-refractivity contribution in [3.05, 3.63) is 44.6 Å². The molecule has 28 heavy (non-hydrogen) atoms. The number of aromatic hydroxyl groups is 1. The van der Waals surface area contributed by atoms with E-state index in [1.54, 1.807) is 11.3 Å². The summed E-state index contributed by atoms with van der Waals surface area (Å²) in [5.41, 5.74) is 2.92. The Balaban J connectivity index is 1.73. The highest BCUT2D eigenvalue weighted by Gasteiger charge is 2.42. The number of ether oxygens (including phenoxy) is 1. The van der Waals surface area contributed by atoms with Gasteiger partial charge in [-0.05, 0) is 53.6 Å². The maximum Gasteiger partial charge on any atom is 0.491 e. The third-order valence-corrected chi connectivity index (χ3v) is 6.94. The number of nitrogens with one attached hydrogen (secondary N) is 1. The summed E-state index contributed by atoms with van der Waals surface area (Å²) in [6, 6.07) is 5.25. The van der Waals surface area contributed by atoms with Gasteiger partial charge in [0.15, 0.2) is 11.5 Å². The lowest BCUT2D eigenvalue weighted by Gasteiger charge is -2.38. The average molecular weight is 411 g/mol. The molecule has 0 saturated carbocycles. The first-order chi connectivity index (χ1) is 13.1. The van der Waals surface area contributed by atoms with E-state index in [0.717, 1.165) is 24.1 Å². The number of aryl methyl sites for hydroxylation is 1. The molecule has 1 aromatic heterocycles. The largest absolute Gasteiger partial charge is 0.504 e. The number of alkyl halides is 3. The Kier molecular flexibility index (Phi) is 4.66. The fourth-order valence-electron chi connectivity index (χ4n) is 4.00. The minimum atomic E-state index is -5.11. The lowest BCUT2D eigenvalue weighted by atomic mass is 9.75. The van der Waals surface area contributed by atoms with Crippen LogP contribution in [0.4, 0.5) is 13.2 Å². The molecule has 150 valence electrons. The monoisotopic (exact) mass is 411 g/mol. The first-order valence-corrected chi connectivity index (χ1v) is 9.97.